The van der Waals surface area contributed by atoms with Crippen molar-refractivity contribution in [3.63, 3.8) is 0 Å². The van der Waals surface area contributed by atoms with Crippen LogP contribution < -0.4 is 14.5 Å². The molecule has 296 valence electrons. The quantitative estimate of drug-likeness (QED) is 0.162. The third-order valence-electron chi connectivity index (χ3n) is 11.8. The van der Waals surface area contributed by atoms with Gasteiger partial charge in [-0.05, 0) is 93.7 Å². The van der Waals surface area contributed by atoms with E-state index in [0.29, 0.717) is 6.67 Å². The van der Waals surface area contributed by atoms with Crippen LogP contribution in [-0.4, -0.2) is 16.2 Å². The zero-order valence-corrected chi connectivity index (χ0v) is 36.2. The Labute approximate surface area is 345 Å². The highest BCUT2D eigenvalue weighted by atomic mass is 16.5. The number of ether oxygens (including phenoxy) is 1. The number of anilines is 2. The summed E-state index contributed by atoms with van der Waals surface area (Å²) in [6, 6.07) is 46.0. The van der Waals surface area contributed by atoms with Gasteiger partial charge in [-0.2, -0.15) is 0 Å². The fourth-order valence-corrected chi connectivity index (χ4v) is 8.19. The van der Waals surface area contributed by atoms with Gasteiger partial charge in [-0.25, -0.2) is 4.98 Å². The smallest absolute Gasteiger partial charge is 0.137 e. The molecule has 0 saturated carbocycles. The highest BCUT2D eigenvalue weighted by Crippen LogP contribution is 2.42. The van der Waals surface area contributed by atoms with Crippen LogP contribution in [0.3, 0.4) is 0 Å². The summed E-state index contributed by atoms with van der Waals surface area (Å²) in [5.41, 5.74) is 10.7. The van der Waals surface area contributed by atoms with Gasteiger partial charge in [0.1, 0.15) is 17.3 Å². The van der Waals surface area contributed by atoms with E-state index in [1.165, 1.54) is 44.4 Å². The molecule has 0 fully saturated rings. The normalized spacial score (nSPS) is 14.1. The van der Waals surface area contributed by atoms with Gasteiger partial charge in [0.25, 0.3) is 0 Å². The number of hydrogen-bond acceptors (Lipinski definition) is 4. The predicted octanol–water partition coefficient (Wildman–Crippen LogP) is 14.1. The summed E-state index contributed by atoms with van der Waals surface area (Å²) in [7, 11) is 0. The number of fused-ring (bicyclic) bond motifs is 3. The second-order valence-corrected chi connectivity index (χ2v) is 19.6. The molecule has 1 aliphatic rings. The average Bonchev–Trinajstić information content (AvgIpc) is 3.78. The molecule has 7 aromatic rings. The van der Waals surface area contributed by atoms with Crippen LogP contribution in [0.25, 0.3) is 27.6 Å². The molecule has 0 amide bonds. The third-order valence-corrected chi connectivity index (χ3v) is 11.8. The summed E-state index contributed by atoms with van der Waals surface area (Å²) in [5.74, 6) is 2.48. The van der Waals surface area contributed by atoms with E-state index in [0.717, 1.165) is 34.0 Å². The molecule has 0 N–H and O–H groups in total. The molecule has 0 saturated heterocycles. The Morgan fingerprint density at radius 3 is 1.90 bits per heavy atom. The van der Waals surface area contributed by atoms with E-state index >= 15 is 0 Å². The van der Waals surface area contributed by atoms with E-state index in [4.69, 9.17) is 9.72 Å². The summed E-state index contributed by atoms with van der Waals surface area (Å²) in [4.78, 5) is 9.72. The number of hydrogen-bond donors (Lipinski definition) is 0. The van der Waals surface area contributed by atoms with E-state index in [1.54, 1.807) is 0 Å². The average molecular weight is 767 g/mol. The van der Waals surface area contributed by atoms with Gasteiger partial charge in [0.05, 0.1) is 17.7 Å². The first-order chi connectivity index (χ1) is 27.4. The molecular weight excluding hydrogens is 709 g/mol. The van der Waals surface area contributed by atoms with Crippen LogP contribution in [0.5, 0.6) is 11.5 Å². The van der Waals surface area contributed by atoms with Crippen LogP contribution >= 0.6 is 0 Å². The van der Waals surface area contributed by atoms with Gasteiger partial charge in [-0.15, -0.1) is 0 Å². The zero-order valence-electron chi connectivity index (χ0n) is 36.2. The largest absolute Gasteiger partial charge is 0.457 e. The van der Waals surface area contributed by atoms with E-state index < -0.39 is 0 Å². The van der Waals surface area contributed by atoms with Gasteiger partial charge in [-0.3, -0.25) is 4.57 Å². The SMILES string of the molecule is CC(C)(C)C1=CN(c2cccc(C(C)(C)c3ccccc3)c2)CN1c1cccc(Oc2ccc3c4cc(C(C)(C)C)ccc4n(-c4cc(C(C)(C)C)ccn4)c3c2)c1. The molecule has 0 aliphatic carbocycles. The molecule has 1 aliphatic heterocycles. The Balaban J connectivity index is 1.14. The van der Waals surface area contributed by atoms with Crippen molar-refractivity contribution in [2.24, 2.45) is 5.41 Å². The fourth-order valence-electron chi connectivity index (χ4n) is 8.19. The molecule has 0 bridgehead atoms. The van der Waals surface area contributed by atoms with Crippen molar-refractivity contribution in [2.45, 2.75) is 92.4 Å². The van der Waals surface area contributed by atoms with Crippen molar-refractivity contribution < 1.29 is 4.74 Å². The van der Waals surface area contributed by atoms with Crippen molar-refractivity contribution in [1.29, 1.82) is 0 Å². The topological polar surface area (TPSA) is 33.5 Å². The van der Waals surface area contributed by atoms with E-state index in [2.05, 4.69) is 224 Å². The summed E-state index contributed by atoms with van der Waals surface area (Å²) in [5, 5.41) is 2.40. The Bertz CT molecular complexity index is 2660. The minimum atomic E-state index is -0.126. The summed E-state index contributed by atoms with van der Waals surface area (Å²) >= 11 is 0. The lowest BCUT2D eigenvalue weighted by Crippen LogP contribution is -2.30. The van der Waals surface area contributed by atoms with Gasteiger partial charge in [-0.1, -0.05) is 131 Å². The first-order valence-electron chi connectivity index (χ1n) is 20.6. The van der Waals surface area contributed by atoms with Crippen molar-refractivity contribution in [2.75, 3.05) is 16.5 Å². The summed E-state index contributed by atoms with van der Waals surface area (Å²) in [6.45, 7) is 25.7. The molecule has 2 aromatic heterocycles. The lowest BCUT2D eigenvalue weighted by molar-refractivity contribution is 0.481. The molecule has 8 rings (SSSR count). The maximum Gasteiger partial charge on any atom is 0.137 e. The molecule has 0 spiro atoms. The first-order valence-corrected chi connectivity index (χ1v) is 20.6. The van der Waals surface area contributed by atoms with Gasteiger partial charge >= 0.3 is 0 Å². The highest BCUT2D eigenvalue weighted by molar-refractivity contribution is 6.09. The van der Waals surface area contributed by atoms with Gasteiger partial charge in [0, 0.05) is 63.2 Å². The maximum atomic E-state index is 6.76. The first kappa shape index (κ1) is 39.0. The minimum Gasteiger partial charge on any atom is -0.457 e. The van der Waals surface area contributed by atoms with Crippen LogP contribution in [-0.2, 0) is 16.2 Å². The number of nitrogens with zero attached hydrogens (tertiary/aromatic N) is 4. The van der Waals surface area contributed by atoms with Gasteiger partial charge < -0.3 is 14.5 Å². The second kappa shape index (κ2) is 14.2. The lowest BCUT2D eigenvalue weighted by atomic mass is 9.78. The molecule has 5 heteroatoms. The third kappa shape index (κ3) is 7.39. The van der Waals surface area contributed by atoms with E-state index in [9.17, 15) is 0 Å². The highest BCUT2D eigenvalue weighted by Gasteiger charge is 2.32. The van der Waals surface area contributed by atoms with Crippen molar-refractivity contribution >= 4 is 33.2 Å². The monoisotopic (exact) mass is 766 g/mol. The minimum absolute atomic E-state index is 0.00706. The van der Waals surface area contributed by atoms with Crippen molar-refractivity contribution in [3.05, 3.63) is 168 Å². The van der Waals surface area contributed by atoms with E-state index in [1.807, 2.05) is 6.20 Å². The number of aromatic nitrogens is 2. The van der Waals surface area contributed by atoms with Crippen LogP contribution in [0, 0.1) is 5.41 Å². The summed E-state index contributed by atoms with van der Waals surface area (Å²) in [6.07, 6.45) is 4.26. The standard InChI is InChI=1S/C53H58N4O/c1-50(2,3)37-23-26-46-45(30-37)44-25-24-43(33-47(44)57(46)49-31-38(27-28-54-49)51(4,5)6)58-42-22-16-21-41(32-42)56-35-55(34-48(56)52(7,8)9)40-20-15-19-39(29-40)53(10,11)36-17-13-12-14-18-36/h12-34H,35H2,1-11H3. The van der Waals surface area contributed by atoms with Crippen molar-refractivity contribution in [1.82, 2.24) is 9.55 Å². The Hall–Kier alpha value is -5.81. The zero-order chi connectivity index (χ0) is 41.2. The number of benzene rings is 5. The molecule has 0 unspecified atom stereocenters. The molecule has 3 heterocycles. The number of pyridine rings is 1. The Kier molecular flexibility index (Phi) is 9.58. The van der Waals surface area contributed by atoms with Crippen LogP contribution in [0.4, 0.5) is 11.4 Å². The molecule has 5 aromatic carbocycles. The van der Waals surface area contributed by atoms with Gasteiger partial charge in [0.15, 0.2) is 0 Å². The number of allylic oxidation sites excluding steroid dienone is 1. The van der Waals surface area contributed by atoms with Crippen molar-refractivity contribution in [3.8, 4) is 17.3 Å². The van der Waals surface area contributed by atoms with Crippen LogP contribution in [0.2, 0.25) is 0 Å². The molecule has 5 nitrogen and oxygen atoms in total. The second-order valence-electron chi connectivity index (χ2n) is 19.6. The maximum absolute atomic E-state index is 6.76. The van der Waals surface area contributed by atoms with Crippen LogP contribution in [0.1, 0.15) is 98.4 Å². The van der Waals surface area contributed by atoms with E-state index in [-0.39, 0.29) is 21.7 Å². The Morgan fingerprint density at radius 2 is 1.17 bits per heavy atom. The predicted molar refractivity (Wildman–Crippen MR) is 245 cm³/mol. The Morgan fingerprint density at radius 1 is 0.500 bits per heavy atom. The molecular formula is C53H58N4O. The van der Waals surface area contributed by atoms with Crippen LogP contribution in [0.15, 0.2) is 145 Å². The molecule has 0 radical (unpaired) electrons. The van der Waals surface area contributed by atoms with Gasteiger partial charge in [0.2, 0.25) is 0 Å². The molecule has 0 atom stereocenters. The lowest BCUT2D eigenvalue weighted by Gasteiger charge is -2.31. The number of rotatable bonds is 7. The summed E-state index contributed by atoms with van der Waals surface area (Å²) < 4.78 is 9.06. The fraction of sp³-hybridized carbons (Fsp3) is 0.302. The molecule has 58 heavy (non-hydrogen) atoms.